The summed E-state index contributed by atoms with van der Waals surface area (Å²) in [6, 6.07) is -1.00. The molecule has 0 aromatic heterocycles. The molecule has 0 aliphatic carbocycles. The van der Waals surface area contributed by atoms with Crippen LogP contribution in [0, 0.1) is 0 Å². The van der Waals surface area contributed by atoms with E-state index in [4.69, 9.17) is 0 Å². The van der Waals surface area contributed by atoms with E-state index in [0.717, 1.165) is 44.9 Å². The first-order valence-corrected chi connectivity index (χ1v) is 24.7. The first-order chi connectivity index (χ1) is 27.5. The van der Waals surface area contributed by atoms with Crippen LogP contribution in [0.25, 0.3) is 0 Å². The van der Waals surface area contributed by atoms with E-state index in [-0.39, 0.29) is 0 Å². The van der Waals surface area contributed by atoms with Gasteiger partial charge in [0.1, 0.15) is 12.2 Å². The topological polar surface area (TPSA) is 110 Å². The van der Waals surface area contributed by atoms with Crippen molar-refractivity contribution >= 4 is 5.91 Å². The highest BCUT2D eigenvalue weighted by Crippen LogP contribution is 2.17. The molecule has 0 radical (unpaired) electrons. The SMILES string of the molecule is CC/C=C/CC/C=C/CCCC(O)C(O)C(CO)NC(=O)C(O)CCCCCCCCCCCCCCCCCCCCCCCCCCCCCCCCC. The van der Waals surface area contributed by atoms with Gasteiger partial charge in [0.15, 0.2) is 0 Å². The number of nitrogens with one attached hydrogen (secondary N) is 1. The third kappa shape index (κ3) is 38.3. The standard InChI is InChI=1S/C50H97NO5/c1-3-5-7-9-11-13-14-15-16-17-18-19-20-21-22-23-24-25-26-27-28-29-30-31-32-33-34-36-38-40-42-44-48(54)50(56)51-46(45-52)49(55)47(53)43-41-39-37-35-12-10-8-6-4-2/h6,8,35,37,46-49,52-55H,3-5,7,9-34,36,38-45H2,1-2H3,(H,51,56)/b8-6+,37-35+. The third-order valence-corrected chi connectivity index (χ3v) is 11.7. The van der Waals surface area contributed by atoms with E-state index >= 15 is 0 Å². The summed E-state index contributed by atoms with van der Waals surface area (Å²) in [5.74, 6) is -0.596. The molecule has 0 aromatic carbocycles. The lowest BCUT2D eigenvalue weighted by Crippen LogP contribution is -2.53. The van der Waals surface area contributed by atoms with Crippen LogP contribution < -0.4 is 5.32 Å². The average molecular weight is 792 g/mol. The van der Waals surface area contributed by atoms with Gasteiger partial charge < -0.3 is 25.7 Å². The fraction of sp³-hybridized carbons (Fsp3) is 0.900. The minimum atomic E-state index is -1.28. The van der Waals surface area contributed by atoms with Crippen molar-refractivity contribution < 1.29 is 25.2 Å². The molecule has 6 nitrogen and oxygen atoms in total. The van der Waals surface area contributed by atoms with E-state index in [0.29, 0.717) is 19.3 Å². The van der Waals surface area contributed by atoms with Crippen LogP contribution in [0.3, 0.4) is 0 Å². The summed E-state index contributed by atoms with van der Waals surface area (Å²) in [7, 11) is 0. The zero-order chi connectivity index (χ0) is 41.0. The first-order valence-electron chi connectivity index (χ1n) is 24.7. The van der Waals surface area contributed by atoms with Crippen molar-refractivity contribution in [3.8, 4) is 0 Å². The number of aliphatic hydroxyl groups excluding tert-OH is 4. The molecule has 0 rings (SSSR count). The van der Waals surface area contributed by atoms with Crippen LogP contribution in [0.15, 0.2) is 24.3 Å². The van der Waals surface area contributed by atoms with Crippen LogP contribution in [0.4, 0.5) is 0 Å². The quantitative estimate of drug-likeness (QED) is 0.0312. The van der Waals surface area contributed by atoms with Gasteiger partial charge >= 0.3 is 0 Å². The number of rotatable bonds is 45. The molecule has 4 atom stereocenters. The van der Waals surface area contributed by atoms with Crippen LogP contribution in [0.2, 0.25) is 0 Å². The summed E-state index contributed by atoms with van der Waals surface area (Å²) in [5, 5.41) is 43.5. The molecule has 332 valence electrons. The van der Waals surface area contributed by atoms with Gasteiger partial charge in [-0.05, 0) is 44.9 Å². The Balaban J connectivity index is 3.51. The predicted octanol–water partition coefficient (Wildman–Crippen LogP) is 13.5. The second kappa shape index (κ2) is 44.9. The van der Waals surface area contributed by atoms with Crippen molar-refractivity contribution in [2.24, 2.45) is 0 Å². The van der Waals surface area contributed by atoms with Crippen LogP contribution >= 0.6 is 0 Å². The number of allylic oxidation sites excluding steroid dienone is 4. The van der Waals surface area contributed by atoms with Crippen molar-refractivity contribution in [3.63, 3.8) is 0 Å². The lowest BCUT2D eigenvalue weighted by atomic mass is 10.00. The fourth-order valence-corrected chi connectivity index (χ4v) is 7.78. The molecule has 5 N–H and O–H groups in total. The van der Waals surface area contributed by atoms with Crippen molar-refractivity contribution in [3.05, 3.63) is 24.3 Å². The summed E-state index contributed by atoms with van der Waals surface area (Å²) in [6.07, 6.45) is 52.7. The lowest BCUT2D eigenvalue weighted by Gasteiger charge is -2.27. The van der Waals surface area contributed by atoms with Gasteiger partial charge in [-0.25, -0.2) is 0 Å². The highest BCUT2D eigenvalue weighted by atomic mass is 16.3. The summed E-state index contributed by atoms with van der Waals surface area (Å²) in [6.45, 7) is 3.92. The summed E-state index contributed by atoms with van der Waals surface area (Å²) >= 11 is 0. The van der Waals surface area contributed by atoms with Gasteiger partial charge in [0.05, 0.1) is 18.8 Å². The molecule has 0 spiro atoms. The average Bonchev–Trinajstić information content (AvgIpc) is 3.20. The first kappa shape index (κ1) is 54.8. The molecule has 0 aromatic rings. The summed E-state index contributed by atoms with van der Waals surface area (Å²) < 4.78 is 0. The Bertz CT molecular complexity index is 847. The number of aliphatic hydroxyl groups is 4. The summed E-state index contributed by atoms with van der Waals surface area (Å²) in [4.78, 5) is 12.5. The number of carbonyl (C=O) groups is 1. The molecule has 0 fully saturated rings. The van der Waals surface area contributed by atoms with E-state index in [2.05, 4.69) is 43.5 Å². The molecule has 0 saturated carbocycles. The number of carbonyl (C=O) groups excluding carboxylic acids is 1. The molecule has 0 bridgehead atoms. The maximum Gasteiger partial charge on any atom is 0.249 e. The Labute approximate surface area is 348 Å². The second-order valence-corrected chi connectivity index (χ2v) is 17.1. The smallest absolute Gasteiger partial charge is 0.249 e. The van der Waals surface area contributed by atoms with Gasteiger partial charge in [0.2, 0.25) is 5.91 Å². The molecular weight excluding hydrogens is 695 g/mol. The van der Waals surface area contributed by atoms with Crippen LogP contribution in [-0.4, -0.2) is 57.3 Å². The Morgan fingerprint density at radius 3 is 1.14 bits per heavy atom. The van der Waals surface area contributed by atoms with Crippen LogP contribution in [0.1, 0.15) is 258 Å². The Hall–Kier alpha value is -1.21. The Morgan fingerprint density at radius 1 is 0.446 bits per heavy atom. The molecule has 0 heterocycles. The van der Waals surface area contributed by atoms with Gasteiger partial charge in [-0.2, -0.15) is 0 Å². The Kier molecular flexibility index (Phi) is 43.9. The maximum atomic E-state index is 12.5. The molecule has 1 amide bonds. The molecular formula is C50H97NO5. The minimum Gasteiger partial charge on any atom is -0.394 e. The van der Waals surface area contributed by atoms with Crippen molar-refractivity contribution in [2.45, 2.75) is 282 Å². The monoisotopic (exact) mass is 792 g/mol. The normalized spacial score (nSPS) is 14.2. The molecule has 6 heteroatoms. The van der Waals surface area contributed by atoms with Gasteiger partial charge in [-0.15, -0.1) is 0 Å². The van der Waals surface area contributed by atoms with E-state index < -0.39 is 36.9 Å². The third-order valence-electron chi connectivity index (χ3n) is 11.7. The van der Waals surface area contributed by atoms with Crippen molar-refractivity contribution in [2.75, 3.05) is 6.61 Å². The highest BCUT2D eigenvalue weighted by Gasteiger charge is 2.28. The largest absolute Gasteiger partial charge is 0.394 e. The molecule has 0 saturated heterocycles. The zero-order valence-corrected chi connectivity index (χ0v) is 37.4. The molecule has 0 aliphatic heterocycles. The van der Waals surface area contributed by atoms with E-state index in [1.54, 1.807) is 0 Å². The number of hydrogen-bond donors (Lipinski definition) is 5. The molecule has 0 aliphatic rings. The zero-order valence-electron chi connectivity index (χ0n) is 37.4. The van der Waals surface area contributed by atoms with Gasteiger partial charge in [0.25, 0.3) is 0 Å². The molecule has 56 heavy (non-hydrogen) atoms. The number of unbranched alkanes of at least 4 members (excludes halogenated alkanes) is 32. The van der Waals surface area contributed by atoms with E-state index in [1.165, 1.54) is 180 Å². The second-order valence-electron chi connectivity index (χ2n) is 17.1. The van der Waals surface area contributed by atoms with Crippen molar-refractivity contribution in [1.82, 2.24) is 5.32 Å². The predicted molar refractivity (Wildman–Crippen MR) is 242 cm³/mol. The van der Waals surface area contributed by atoms with Gasteiger partial charge in [-0.1, -0.05) is 237 Å². The van der Waals surface area contributed by atoms with Crippen LogP contribution in [0.5, 0.6) is 0 Å². The van der Waals surface area contributed by atoms with Crippen LogP contribution in [-0.2, 0) is 4.79 Å². The number of hydrogen-bond acceptors (Lipinski definition) is 5. The number of amides is 1. The highest BCUT2D eigenvalue weighted by molar-refractivity contribution is 5.80. The van der Waals surface area contributed by atoms with Gasteiger partial charge in [0, 0.05) is 0 Å². The fourth-order valence-electron chi connectivity index (χ4n) is 7.78. The van der Waals surface area contributed by atoms with E-state index in [1.807, 2.05) is 0 Å². The Morgan fingerprint density at radius 2 is 0.786 bits per heavy atom. The molecule has 4 unspecified atom stereocenters. The van der Waals surface area contributed by atoms with Crippen molar-refractivity contribution in [1.29, 1.82) is 0 Å². The van der Waals surface area contributed by atoms with Gasteiger partial charge in [-0.3, -0.25) is 4.79 Å². The minimum absolute atomic E-state index is 0.364. The van der Waals surface area contributed by atoms with E-state index in [9.17, 15) is 25.2 Å². The maximum absolute atomic E-state index is 12.5. The summed E-state index contributed by atoms with van der Waals surface area (Å²) in [5.41, 5.74) is 0. The lowest BCUT2D eigenvalue weighted by molar-refractivity contribution is -0.132.